The Morgan fingerprint density at radius 2 is 1.39 bits per heavy atom. The van der Waals surface area contributed by atoms with E-state index in [2.05, 4.69) is 94.4 Å². The Hall–Kier alpha value is -2.08. The van der Waals surface area contributed by atoms with Crippen molar-refractivity contribution < 1.29 is 0 Å². The molecule has 2 unspecified atom stereocenters. The summed E-state index contributed by atoms with van der Waals surface area (Å²) in [7, 11) is 0. The Morgan fingerprint density at radius 3 is 1.91 bits per heavy atom. The van der Waals surface area contributed by atoms with E-state index < -0.39 is 0 Å². The van der Waals surface area contributed by atoms with Gasteiger partial charge in [-0.2, -0.15) is 0 Å². The Kier molecular flexibility index (Phi) is 4.26. The first-order valence-electron chi connectivity index (χ1n) is 8.49. The summed E-state index contributed by atoms with van der Waals surface area (Å²) in [5.74, 6) is 0.457. The highest BCUT2D eigenvalue weighted by Gasteiger charge is 2.39. The molecule has 23 heavy (non-hydrogen) atoms. The fraction of sp³-hybridized carbons (Fsp3) is 0.304. The molecule has 0 heteroatoms. The van der Waals surface area contributed by atoms with Gasteiger partial charge in [-0.3, -0.25) is 0 Å². The molecule has 118 valence electrons. The van der Waals surface area contributed by atoms with Crippen LogP contribution < -0.4 is 0 Å². The van der Waals surface area contributed by atoms with Crippen LogP contribution in [0.15, 0.2) is 83.5 Å². The summed E-state index contributed by atoms with van der Waals surface area (Å²) in [6.45, 7) is 9.22. The van der Waals surface area contributed by atoms with Crippen LogP contribution >= 0.6 is 0 Å². The van der Waals surface area contributed by atoms with Crippen molar-refractivity contribution in [1.82, 2.24) is 0 Å². The van der Waals surface area contributed by atoms with Crippen LogP contribution in [0.25, 0.3) is 0 Å². The van der Waals surface area contributed by atoms with E-state index in [0.29, 0.717) is 5.92 Å². The normalized spacial score (nSPS) is 22.2. The van der Waals surface area contributed by atoms with Gasteiger partial charge in [-0.25, -0.2) is 0 Å². The third-order valence-corrected chi connectivity index (χ3v) is 5.69. The Labute approximate surface area is 140 Å². The monoisotopic (exact) mass is 302 g/mol. The van der Waals surface area contributed by atoms with Crippen molar-refractivity contribution in [3.05, 3.63) is 94.6 Å². The minimum absolute atomic E-state index is 0.0887. The SMILES string of the molecule is CC1=CC(C)(C(Cc2ccccc2)c2ccccc2)C(C)=C1C. The van der Waals surface area contributed by atoms with Gasteiger partial charge in [-0.1, -0.05) is 84.8 Å². The van der Waals surface area contributed by atoms with Crippen molar-refractivity contribution in [2.24, 2.45) is 5.41 Å². The molecule has 2 aromatic carbocycles. The van der Waals surface area contributed by atoms with Gasteiger partial charge in [0.25, 0.3) is 0 Å². The number of allylic oxidation sites excluding steroid dienone is 4. The first kappa shape index (κ1) is 15.8. The molecule has 0 aliphatic heterocycles. The third-order valence-electron chi connectivity index (χ3n) is 5.69. The molecule has 0 saturated heterocycles. The Balaban J connectivity index is 2.07. The van der Waals surface area contributed by atoms with Gasteiger partial charge in [0.1, 0.15) is 0 Å². The van der Waals surface area contributed by atoms with Gasteiger partial charge in [-0.15, -0.1) is 0 Å². The molecule has 0 bridgehead atoms. The molecule has 0 nitrogen and oxygen atoms in total. The van der Waals surface area contributed by atoms with Crippen molar-refractivity contribution in [3.63, 3.8) is 0 Å². The zero-order valence-electron chi connectivity index (χ0n) is 14.6. The summed E-state index contributed by atoms with van der Waals surface area (Å²) >= 11 is 0. The zero-order valence-corrected chi connectivity index (χ0v) is 14.6. The van der Waals surface area contributed by atoms with Gasteiger partial charge in [0, 0.05) is 11.3 Å². The first-order chi connectivity index (χ1) is 11.0. The lowest BCUT2D eigenvalue weighted by molar-refractivity contribution is 0.400. The molecule has 0 amide bonds. The minimum Gasteiger partial charge on any atom is -0.0707 e. The summed E-state index contributed by atoms with van der Waals surface area (Å²) in [5, 5.41) is 0. The lowest BCUT2D eigenvalue weighted by atomic mass is 9.68. The van der Waals surface area contributed by atoms with E-state index in [1.807, 2.05) is 0 Å². The predicted octanol–water partition coefficient (Wildman–Crippen LogP) is 6.32. The Bertz CT molecular complexity index is 734. The number of rotatable bonds is 4. The smallest absolute Gasteiger partial charge is 0.0143 e. The molecule has 0 heterocycles. The van der Waals surface area contributed by atoms with Crippen LogP contribution in [-0.2, 0) is 6.42 Å². The number of hydrogen-bond acceptors (Lipinski definition) is 0. The molecular formula is C23H26. The van der Waals surface area contributed by atoms with Gasteiger partial charge in [-0.05, 0) is 43.9 Å². The van der Waals surface area contributed by atoms with Crippen LogP contribution in [-0.4, -0.2) is 0 Å². The molecule has 0 fully saturated rings. The highest BCUT2D eigenvalue weighted by atomic mass is 14.4. The van der Waals surface area contributed by atoms with Gasteiger partial charge in [0.2, 0.25) is 0 Å². The van der Waals surface area contributed by atoms with E-state index in [1.54, 1.807) is 0 Å². The maximum Gasteiger partial charge on any atom is 0.0143 e. The largest absolute Gasteiger partial charge is 0.0707 e. The summed E-state index contributed by atoms with van der Waals surface area (Å²) in [5.41, 5.74) is 7.33. The van der Waals surface area contributed by atoms with Crippen LogP contribution in [0.4, 0.5) is 0 Å². The van der Waals surface area contributed by atoms with E-state index in [0.717, 1.165) is 6.42 Å². The van der Waals surface area contributed by atoms with Crippen LogP contribution in [0, 0.1) is 5.41 Å². The van der Waals surface area contributed by atoms with Crippen molar-refractivity contribution in [3.8, 4) is 0 Å². The second-order valence-electron chi connectivity index (χ2n) is 7.01. The van der Waals surface area contributed by atoms with E-state index in [9.17, 15) is 0 Å². The predicted molar refractivity (Wildman–Crippen MR) is 99.6 cm³/mol. The molecular weight excluding hydrogens is 276 g/mol. The van der Waals surface area contributed by atoms with Crippen molar-refractivity contribution in [2.75, 3.05) is 0 Å². The average molecular weight is 302 g/mol. The molecule has 0 aromatic heterocycles. The van der Waals surface area contributed by atoms with Gasteiger partial charge < -0.3 is 0 Å². The summed E-state index contributed by atoms with van der Waals surface area (Å²) in [4.78, 5) is 0. The zero-order chi connectivity index (χ0) is 16.4. The quantitative estimate of drug-likeness (QED) is 0.620. The molecule has 2 aromatic rings. The molecule has 0 N–H and O–H groups in total. The van der Waals surface area contributed by atoms with Crippen molar-refractivity contribution >= 4 is 0 Å². The second-order valence-corrected chi connectivity index (χ2v) is 7.01. The molecule has 2 atom stereocenters. The van der Waals surface area contributed by atoms with E-state index >= 15 is 0 Å². The van der Waals surface area contributed by atoms with E-state index in [4.69, 9.17) is 0 Å². The molecule has 1 aliphatic carbocycles. The lowest BCUT2D eigenvalue weighted by Crippen LogP contribution is -2.25. The van der Waals surface area contributed by atoms with Crippen LogP contribution in [0.5, 0.6) is 0 Å². The molecule has 3 rings (SSSR count). The second kappa shape index (κ2) is 6.20. The summed E-state index contributed by atoms with van der Waals surface area (Å²) < 4.78 is 0. The summed E-state index contributed by atoms with van der Waals surface area (Å²) in [6.07, 6.45) is 3.55. The Morgan fingerprint density at radius 1 is 0.826 bits per heavy atom. The molecule has 0 spiro atoms. The minimum atomic E-state index is 0.0887. The first-order valence-corrected chi connectivity index (χ1v) is 8.49. The topological polar surface area (TPSA) is 0 Å². The van der Waals surface area contributed by atoms with Crippen LogP contribution in [0.1, 0.15) is 44.7 Å². The number of benzene rings is 2. The molecule has 0 radical (unpaired) electrons. The maximum absolute atomic E-state index is 2.48. The maximum atomic E-state index is 2.48. The van der Waals surface area contributed by atoms with Gasteiger partial charge >= 0.3 is 0 Å². The fourth-order valence-corrected chi connectivity index (χ4v) is 3.94. The third kappa shape index (κ3) is 2.91. The lowest BCUT2D eigenvalue weighted by Gasteiger charge is -2.35. The van der Waals surface area contributed by atoms with Gasteiger partial charge in [0.15, 0.2) is 0 Å². The average Bonchev–Trinajstić information content (AvgIpc) is 2.78. The standard InChI is InChI=1S/C23H26/c1-17-16-23(4,19(3)18(17)2)22(21-13-9-6-10-14-21)15-20-11-7-5-8-12-20/h5-14,16,22H,15H2,1-4H3. The highest BCUT2D eigenvalue weighted by molar-refractivity contribution is 5.48. The van der Waals surface area contributed by atoms with E-state index in [1.165, 1.54) is 27.8 Å². The summed E-state index contributed by atoms with van der Waals surface area (Å²) in [6, 6.07) is 21.9. The molecule has 0 saturated carbocycles. The highest BCUT2D eigenvalue weighted by Crippen LogP contribution is 2.51. The van der Waals surface area contributed by atoms with Crippen molar-refractivity contribution in [1.29, 1.82) is 0 Å². The number of hydrogen-bond donors (Lipinski definition) is 0. The van der Waals surface area contributed by atoms with E-state index in [-0.39, 0.29) is 5.41 Å². The van der Waals surface area contributed by atoms with Crippen molar-refractivity contribution in [2.45, 2.75) is 40.0 Å². The van der Waals surface area contributed by atoms with Crippen LogP contribution in [0.2, 0.25) is 0 Å². The molecule has 1 aliphatic rings. The fourth-order valence-electron chi connectivity index (χ4n) is 3.94. The van der Waals surface area contributed by atoms with Crippen LogP contribution in [0.3, 0.4) is 0 Å². The van der Waals surface area contributed by atoms with Gasteiger partial charge in [0.05, 0.1) is 0 Å².